The van der Waals surface area contributed by atoms with Crippen LogP contribution in [0.2, 0.25) is 5.02 Å². The van der Waals surface area contributed by atoms with Gasteiger partial charge in [0.15, 0.2) is 0 Å². The van der Waals surface area contributed by atoms with E-state index < -0.39 is 22.0 Å². The maximum absolute atomic E-state index is 13.2. The molecule has 0 fully saturated rings. The van der Waals surface area contributed by atoms with Gasteiger partial charge >= 0.3 is 5.69 Å². The van der Waals surface area contributed by atoms with E-state index in [1.165, 1.54) is 0 Å². The van der Waals surface area contributed by atoms with Crippen LogP contribution in [-0.4, -0.2) is 14.5 Å². The average Bonchev–Trinajstić information content (AvgIpc) is 2.35. The predicted octanol–water partition coefficient (Wildman–Crippen LogP) is 1.29. The molecular weight excluding hydrogens is 293 g/mol. The maximum Gasteiger partial charge on any atom is 0.328 e. The molecule has 7 nitrogen and oxygen atoms in total. The van der Waals surface area contributed by atoms with Crippen molar-refractivity contribution < 1.29 is 9.31 Å². The van der Waals surface area contributed by atoms with Gasteiger partial charge in [-0.2, -0.15) is 0 Å². The van der Waals surface area contributed by atoms with E-state index in [2.05, 4.69) is 0 Å². The van der Waals surface area contributed by atoms with Crippen LogP contribution in [0.4, 0.5) is 10.1 Å². The first-order valence-corrected chi connectivity index (χ1v) is 5.68. The second-order valence-corrected chi connectivity index (χ2v) is 4.30. The number of nitro benzene ring substituents is 1. The molecule has 0 aliphatic carbocycles. The van der Waals surface area contributed by atoms with Crippen LogP contribution in [0.15, 0.2) is 34.0 Å². The van der Waals surface area contributed by atoms with Gasteiger partial charge in [0.05, 0.1) is 17.0 Å². The van der Waals surface area contributed by atoms with E-state index in [0.717, 1.165) is 29.0 Å². The minimum absolute atomic E-state index is 0.0137. The van der Waals surface area contributed by atoms with Crippen molar-refractivity contribution in [3.63, 3.8) is 0 Å². The average molecular weight is 300 g/mol. The van der Waals surface area contributed by atoms with E-state index in [0.29, 0.717) is 0 Å². The summed E-state index contributed by atoms with van der Waals surface area (Å²) in [7, 11) is 0. The number of nitro groups is 1. The molecule has 1 aromatic carbocycles. The molecule has 1 heterocycles. The lowest BCUT2D eigenvalue weighted by Crippen LogP contribution is -2.30. The van der Waals surface area contributed by atoms with Gasteiger partial charge in [0, 0.05) is 12.3 Å². The molecule has 0 bridgehead atoms. The SMILES string of the molecule is O=c1[nH]c(=O)n(Cc2cc(F)ccc2[N+](=O)[O-])cc1Cl. The van der Waals surface area contributed by atoms with E-state index in [9.17, 15) is 24.1 Å². The van der Waals surface area contributed by atoms with Crippen LogP contribution in [0.1, 0.15) is 5.56 Å². The first kappa shape index (κ1) is 13.9. The zero-order valence-electron chi connectivity index (χ0n) is 9.80. The van der Waals surface area contributed by atoms with Gasteiger partial charge in [-0.25, -0.2) is 9.18 Å². The monoisotopic (exact) mass is 299 g/mol. The van der Waals surface area contributed by atoms with E-state index in [1.54, 1.807) is 0 Å². The molecular formula is C11H7ClFN3O4. The van der Waals surface area contributed by atoms with Crippen molar-refractivity contribution in [3.8, 4) is 0 Å². The highest BCUT2D eigenvalue weighted by atomic mass is 35.5. The quantitative estimate of drug-likeness (QED) is 0.682. The van der Waals surface area contributed by atoms with Gasteiger partial charge in [0.2, 0.25) is 0 Å². The van der Waals surface area contributed by atoms with Crippen molar-refractivity contribution in [1.82, 2.24) is 9.55 Å². The fourth-order valence-electron chi connectivity index (χ4n) is 1.64. The molecule has 0 atom stereocenters. The highest BCUT2D eigenvalue weighted by Crippen LogP contribution is 2.20. The molecule has 2 aromatic rings. The van der Waals surface area contributed by atoms with Gasteiger partial charge in [-0.1, -0.05) is 11.6 Å². The fourth-order valence-corrected chi connectivity index (χ4v) is 1.81. The van der Waals surface area contributed by atoms with Crippen molar-refractivity contribution in [2.24, 2.45) is 0 Å². The van der Waals surface area contributed by atoms with Gasteiger partial charge in [-0.15, -0.1) is 0 Å². The molecule has 0 aliphatic rings. The standard InChI is InChI=1S/C11H7ClFN3O4/c12-8-5-15(11(18)14-10(8)17)4-6-3-7(13)1-2-9(6)16(19)20/h1-3,5H,4H2,(H,14,17,18). The summed E-state index contributed by atoms with van der Waals surface area (Å²) in [5, 5.41) is 10.6. The molecule has 0 aliphatic heterocycles. The third-order valence-electron chi connectivity index (χ3n) is 2.55. The summed E-state index contributed by atoms with van der Waals surface area (Å²) in [6.45, 7) is -0.288. The highest BCUT2D eigenvalue weighted by molar-refractivity contribution is 6.30. The van der Waals surface area contributed by atoms with E-state index in [-0.39, 0.29) is 22.8 Å². The molecule has 0 spiro atoms. The lowest BCUT2D eigenvalue weighted by atomic mass is 10.1. The molecule has 0 unspecified atom stereocenters. The number of hydrogen-bond acceptors (Lipinski definition) is 4. The number of nitrogens with one attached hydrogen (secondary N) is 1. The Hall–Kier alpha value is -2.48. The van der Waals surface area contributed by atoms with Crippen LogP contribution in [0.25, 0.3) is 0 Å². The second kappa shape index (κ2) is 5.25. The molecule has 0 radical (unpaired) electrons. The Kier molecular flexibility index (Phi) is 3.66. The lowest BCUT2D eigenvalue weighted by molar-refractivity contribution is -0.385. The zero-order valence-corrected chi connectivity index (χ0v) is 10.6. The topological polar surface area (TPSA) is 98.0 Å². The summed E-state index contributed by atoms with van der Waals surface area (Å²) in [5.74, 6) is -0.672. The largest absolute Gasteiger partial charge is 0.328 e. The third-order valence-corrected chi connectivity index (χ3v) is 2.82. The minimum atomic E-state index is -0.794. The van der Waals surface area contributed by atoms with E-state index in [1.807, 2.05) is 4.98 Å². The predicted molar refractivity (Wildman–Crippen MR) is 68.5 cm³/mol. The molecule has 104 valence electrons. The number of nitrogens with zero attached hydrogens (tertiary/aromatic N) is 2. The lowest BCUT2D eigenvalue weighted by Gasteiger charge is -2.06. The van der Waals surface area contributed by atoms with Gasteiger partial charge in [-0.05, 0) is 12.1 Å². The van der Waals surface area contributed by atoms with E-state index >= 15 is 0 Å². The van der Waals surface area contributed by atoms with Gasteiger partial charge in [0.1, 0.15) is 10.8 Å². The summed E-state index contributed by atoms with van der Waals surface area (Å²) in [6, 6.07) is 2.90. The Balaban J connectivity index is 2.52. The number of aromatic amines is 1. The van der Waals surface area contributed by atoms with Crippen LogP contribution in [0.3, 0.4) is 0 Å². The summed E-state index contributed by atoms with van der Waals surface area (Å²) in [5.41, 5.74) is -1.90. The Morgan fingerprint density at radius 2 is 2.10 bits per heavy atom. The summed E-state index contributed by atoms with van der Waals surface area (Å²) >= 11 is 5.57. The Morgan fingerprint density at radius 1 is 1.40 bits per heavy atom. The third kappa shape index (κ3) is 2.75. The Morgan fingerprint density at radius 3 is 2.75 bits per heavy atom. The molecule has 0 amide bonds. The zero-order chi connectivity index (χ0) is 14.9. The highest BCUT2D eigenvalue weighted by Gasteiger charge is 2.15. The Labute approximate surface area is 115 Å². The van der Waals surface area contributed by atoms with Crippen LogP contribution >= 0.6 is 11.6 Å². The molecule has 9 heteroatoms. The van der Waals surface area contributed by atoms with Crippen molar-refractivity contribution >= 4 is 17.3 Å². The number of benzene rings is 1. The summed E-state index contributed by atoms with van der Waals surface area (Å²) in [6.07, 6.45) is 1.04. The van der Waals surface area contributed by atoms with Crippen LogP contribution in [-0.2, 0) is 6.54 Å². The van der Waals surface area contributed by atoms with E-state index in [4.69, 9.17) is 11.6 Å². The van der Waals surface area contributed by atoms with Gasteiger partial charge in [0.25, 0.3) is 11.2 Å². The maximum atomic E-state index is 13.2. The minimum Gasteiger partial charge on any atom is -0.294 e. The molecule has 2 rings (SSSR count). The summed E-state index contributed by atoms with van der Waals surface area (Å²) in [4.78, 5) is 34.8. The van der Waals surface area contributed by atoms with Crippen LogP contribution in [0.5, 0.6) is 0 Å². The van der Waals surface area contributed by atoms with Gasteiger partial charge < -0.3 is 0 Å². The number of H-pyrrole nitrogens is 1. The number of halogens is 2. The molecule has 20 heavy (non-hydrogen) atoms. The smallest absolute Gasteiger partial charge is 0.294 e. The fraction of sp³-hybridized carbons (Fsp3) is 0.0909. The Bertz CT molecular complexity index is 799. The molecule has 1 N–H and O–H groups in total. The summed E-state index contributed by atoms with van der Waals surface area (Å²) < 4.78 is 14.1. The van der Waals surface area contributed by atoms with Crippen LogP contribution in [0, 0.1) is 15.9 Å². The normalized spacial score (nSPS) is 10.5. The molecule has 1 aromatic heterocycles. The second-order valence-electron chi connectivity index (χ2n) is 3.89. The van der Waals surface area contributed by atoms with Crippen molar-refractivity contribution in [3.05, 3.63) is 71.8 Å². The molecule has 0 saturated carbocycles. The number of aromatic nitrogens is 2. The van der Waals surface area contributed by atoms with Crippen LogP contribution < -0.4 is 11.2 Å². The van der Waals surface area contributed by atoms with Crippen molar-refractivity contribution in [2.45, 2.75) is 6.54 Å². The first-order chi connectivity index (χ1) is 9.38. The van der Waals surface area contributed by atoms with Gasteiger partial charge in [-0.3, -0.25) is 24.5 Å². The number of hydrogen-bond donors (Lipinski definition) is 1. The first-order valence-electron chi connectivity index (χ1n) is 5.30. The van der Waals surface area contributed by atoms with Crippen molar-refractivity contribution in [2.75, 3.05) is 0 Å². The number of rotatable bonds is 3. The molecule has 0 saturated heterocycles. The van der Waals surface area contributed by atoms with Crippen molar-refractivity contribution in [1.29, 1.82) is 0 Å².